The fourth-order valence-electron chi connectivity index (χ4n) is 1.61. The maximum atomic E-state index is 12.6. The molecule has 0 aliphatic carbocycles. The lowest BCUT2D eigenvalue weighted by Gasteiger charge is -2.11. The molecule has 130 valence electrons. The van der Waals surface area contributed by atoms with Gasteiger partial charge in [-0.25, -0.2) is 4.79 Å². The summed E-state index contributed by atoms with van der Waals surface area (Å²) in [7, 11) is 0. The van der Waals surface area contributed by atoms with Crippen molar-refractivity contribution in [3.63, 3.8) is 0 Å². The minimum atomic E-state index is -4.48. The standard InChI is InChI=1S/C16H16F3NO4/c1-10(21)9-20-15(23)11(2)24-14(22)7-6-12-4-3-5-13(8-12)16(17,18)19/h3-8,11H,9H2,1-2H3,(H,20,23)/b7-6+. The molecular weight excluding hydrogens is 327 g/mol. The maximum Gasteiger partial charge on any atom is 0.416 e. The second-order valence-corrected chi connectivity index (χ2v) is 4.96. The number of ether oxygens (including phenoxy) is 1. The smallest absolute Gasteiger partial charge is 0.416 e. The molecule has 0 aliphatic heterocycles. The molecule has 0 aromatic heterocycles. The summed E-state index contributed by atoms with van der Waals surface area (Å²) in [6.07, 6.45) is -3.54. The van der Waals surface area contributed by atoms with Gasteiger partial charge < -0.3 is 10.1 Å². The first-order chi connectivity index (χ1) is 11.1. The Morgan fingerprint density at radius 1 is 1.29 bits per heavy atom. The number of halogens is 3. The Hall–Kier alpha value is -2.64. The van der Waals surface area contributed by atoms with E-state index in [9.17, 15) is 27.6 Å². The minimum absolute atomic E-state index is 0.162. The van der Waals surface area contributed by atoms with Crippen LogP contribution >= 0.6 is 0 Å². The number of alkyl halides is 3. The van der Waals surface area contributed by atoms with Crippen molar-refractivity contribution < 1.29 is 32.3 Å². The first-order valence-corrected chi connectivity index (χ1v) is 6.92. The Kier molecular flexibility index (Phi) is 6.69. The molecule has 5 nitrogen and oxygen atoms in total. The van der Waals surface area contributed by atoms with E-state index in [2.05, 4.69) is 5.32 Å². The predicted molar refractivity (Wildman–Crippen MR) is 79.7 cm³/mol. The zero-order valence-electron chi connectivity index (χ0n) is 13.0. The largest absolute Gasteiger partial charge is 0.449 e. The normalized spacial score (nSPS) is 12.7. The SMILES string of the molecule is CC(=O)CNC(=O)C(C)OC(=O)/C=C/c1cccc(C(F)(F)F)c1. The van der Waals surface area contributed by atoms with Crippen LogP contribution in [0.3, 0.4) is 0 Å². The summed E-state index contributed by atoms with van der Waals surface area (Å²) in [6.45, 7) is 2.42. The van der Waals surface area contributed by atoms with Gasteiger partial charge in [0.1, 0.15) is 5.78 Å². The molecule has 1 amide bonds. The summed E-state index contributed by atoms with van der Waals surface area (Å²) >= 11 is 0. The Morgan fingerprint density at radius 2 is 1.96 bits per heavy atom. The Labute approximate surface area is 136 Å². The van der Waals surface area contributed by atoms with Crippen LogP contribution in [-0.4, -0.2) is 30.3 Å². The van der Waals surface area contributed by atoms with E-state index in [4.69, 9.17) is 4.74 Å². The van der Waals surface area contributed by atoms with Crippen molar-refractivity contribution in [2.45, 2.75) is 26.1 Å². The number of amides is 1. The molecule has 1 aromatic rings. The number of benzene rings is 1. The average Bonchev–Trinajstić information content (AvgIpc) is 2.50. The lowest BCUT2D eigenvalue weighted by molar-refractivity contribution is -0.150. The third-order valence-corrected chi connectivity index (χ3v) is 2.80. The summed E-state index contributed by atoms with van der Waals surface area (Å²) in [5.74, 6) is -1.80. The molecule has 1 aromatic carbocycles. The van der Waals surface area contributed by atoms with Gasteiger partial charge in [-0.15, -0.1) is 0 Å². The van der Waals surface area contributed by atoms with Crippen LogP contribution in [0.4, 0.5) is 13.2 Å². The van der Waals surface area contributed by atoms with Crippen molar-refractivity contribution in [1.82, 2.24) is 5.32 Å². The highest BCUT2D eigenvalue weighted by Crippen LogP contribution is 2.29. The van der Waals surface area contributed by atoms with E-state index in [1.54, 1.807) is 0 Å². The molecule has 1 atom stereocenters. The Balaban J connectivity index is 2.63. The molecule has 0 aliphatic rings. The van der Waals surface area contributed by atoms with E-state index in [1.165, 1.54) is 26.0 Å². The molecule has 24 heavy (non-hydrogen) atoms. The minimum Gasteiger partial charge on any atom is -0.449 e. The molecule has 0 saturated heterocycles. The second-order valence-electron chi connectivity index (χ2n) is 4.96. The third kappa shape index (κ3) is 6.64. The van der Waals surface area contributed by atoms with Gasteiger partial charge in [0.2, 0.25) is 0 Å². The summed E-state index contributed by atoms with van der Waals surface area (Å²) in [6, 6.07) is 4.40. The zero-order chi connectivity index (χ0) is 18.3. The van der Waals surface area contributed by atoms with Crippen LogP contribution in [0.5, 0.6) is 0 Å². The monoisotopic (exact) mass is 343 g/mol. The van der Waals surface area contributed by atoms with Gasteiger partial charge in [-0.3, -0.25) is 9.59 Å². The topological polar surface area (TPSA) is 72.5 Å². The van der Waals surface area contributed by atoms with Crippen molar-refractivity contribution in [3.05, 3.63) is 41.5 Å². The summed E-state index contributed by atoms with van der Waals surface area (Å²) in [5, 5.41) is 2.27. The van der Waals surface area contributed by atoms with E-state index in [-0.39, 0.29) is 17.9 Å². The number of Topliss-reactive ketones (excluding diaryl/α,β-unsaturated/α-hetero) is 1. The molecule has 0 heterocycles. The van der Waals surface area contributed by atoms with E-state index in [1.807, 2.05) is 0 Å². The van der Waals surface area contributed by atoms with Crippen molar-refractivity contribution in [1.29, 1.82) is 0 Å². The number of ketones is 1. The fourth-order valence-corrected chi connectivity index (χ4v) is 1.61. The molecule has 0 fully saturated rings. The van der Waals surface area contributed by atoms with Gasteiger partial charge in [0.25, 0.3) is 5.91 Å². The van der Waals surface area contributed by atoms with Gasteiger partial charge in [0.15, 0.2) is 6.10 Å². The summed E-state index contributed by atoms with van der Waals surface area (Å²) in [4.78, 5) is 33.8. The van der Waals surface area contributed by atoms with Crippen LogP contribution in [0.15, 0.2) is 30.3 Å². The van der Waals surface area contributed by atoms with Crippen molar-refractivity contribution in [2.75, 3.05) is 6.54 Å². The number of hydrogen-bond acceptors (Lipinski definition) is 4. The lowest BCUT2D eigenvalue weighted by atomic mass is 10.1. The first-order valence-electron chi connectivity index (χ1n) is 6.92. The molecule has 1 N–H and O–H groups in total. The molecule has 0 spiro atoms. The lowest BCUT2D eigenvalue weighted by Crippen LogP contribution is -2.37. The quantitative estimate of drug-likeness (QED) is 0.636. The van der Waals surface area contributed by atoms with Crippen LogP contribution in [0.25, 0.3) is 6.08 Å². The van der Waals surface area contributed by atoms with Crippen LogP contribution in [-0.2, 0) is 25.3 Å². The van der Waals surface area contributed by atoms with E-state index in [0.29, 0.717) is 0 Å². The van der Waals surface area contributed by atoms with Crippen LogP contribution in [0, 0.1) is 0 Å². The van der Waals surface area contributed by atoms with Gasteiger partial charge >= 0.3 is 12.1 Å². The molecule has 0 radical (unpaired) electrons. The maximum absolute atomic E-state index is 12.6. The molecule has 8 heteroatoms. The van der Waals surface area contributed by atoms with Crippen molar-refractivity contribution >= 4 is 23.7 Å². The molecule has 1 rings (SSSR count). The van der Waals surface area contributed by atoms with Crippen molar-refractivity contribution in [2.24, 2.45) is 0 Å². The molecule has 0 bridgehead atoms. The Morgan fingerprint density at radius 3 is 2.54 bits per heavy atom. The summed E-state index contributed by atoms with van der Waals surface area (Å²) in [5.41, 5.74) is -0.676. The van der Waals surface area contributed by atoms with E-state index >= 15 is 0 Å². The first kappa shape index (κ1) is 19.4. The van der Waals surface area contributed by atoms with Gasteiger partial charge in [0, 0.05) is 6.08 Å². The highest BCUT2D eigenvalue weighted by Gasteiger charge is 2.30. The zero-order valence-corrected chi connectivity index (χ0v) is 13.0. The van der Waals surface area contributed by atoms with Gasteiger partial charge in [-0.05, 0) is 37.6 Å². The van der Waals surface area contributed by atoms with Gasteiger partial charge in [0.05, 0.1) is 12.1 Å². The number of hydrogen-bond donors (Lipinski definition) is 1. The highest BCUT2D eigenvalue weighted by molar-refractivity contribution is 5.91. The highest BCUT2D eigenvalue weighted by atomic mass is 19.4. The van der Waals surface area contributed by atoms with Crippen LogP contribution in [0.1, 0.15) is 25.0 Å². The van der Waals surface area contributed by atoms with E-state index in [0.717, 1.165) is 24.3 Å². The fraction of sp³-hybridized carbons (Fsp3) is 0.312. The number of carbonyl (C=O) groups excluding carboxylic acids is 3. The average molecular weight is 343 g/mol. The van der Waals surface area contributed by atoms with E-state index < -0.39 is 29.7 Å². The summed E-state index contributed by atoms with van der Waals surface area (Å²) < 4.78 is 42.5. The number of nitrogens with one attached hydrogen (secondary N) is 1. The van der Waals surface area contributed by atoms with Gasteiger partial charge in [-0.2, -0.15) is 13.2 Å². The van der Waals surface area contributed by atoms with Crippen LogP contribution in [0.2, 0.25) is 0 Å². The predicted octanol–water partition coefficient (Wildman–Crippen LogP) is 2.36. The number of esters is 1. The van der Waals surface area contributed by atoms with Crippen molar-refractivity contribution in [3.8, 4) is 0 Å². The second kappa shape index (κ2) is 8.28. The molecule has 0 saturated carbocycles. The third-order valence-electron chi connectivity index (χ3n) is 2.80. The number of rotatable bonds is 6. The van der Waals surface area contributed by atoms with Gasteiger partial charge in [-0.1, -0.05) is 12.1 Å². The number of carbonyl (C=O) groups is 3. The Bertz CT molecular complexity index is 653. The molecule has 1 unspecified atom stereocenters. The van der Waals surface area contributed by atoms with Crippen LogP contribution < -0.4 is 5.32 Å². The molecular formula is C16H16F3NO4.